The van der Waals surface area contributed by atoms with Gasteiger partial charge >= 0.3 is 0 Å². The molecule has 4 heteroatoms. The van der Waals surface area contributed by atoms with E-state index in [9.17, 15) is 0 Å². The molecule has 0 bridgehead atoms. The third kappa shape index (κ3) is 2.39. The van der Waals surface area contributed by atoms with Crippen molar-refractivity contribution in [2.75, 3.05) is 11.1 Å². The highest BCUT2D eigenvalue weighted by Crippen LogP contribution is 2.31. The highest BCUT2D eigenvalue weighted by Gasteiger charge is 2.05. The lowest BCUT2D eigenvalue weighted by Crippen LogP contribution is -1.98. The highest BCUT2D eigenvalue weighted by atomic mass is 79.9. The zero-order valence-electron chi connectivity index (χ0n) is 10.1. The summed E-state index contributed by atoms with van der Waals surface area (Å²) in [6, 6.07) is 14.5. The molecule has 19 heavy (non-hydrogen) atoms. The van der Waals surface area contributed by atoms with Crippen LogP contribution in [-0.4, -0.2) is 4.98 Å². The van der Waals surface area contributed by atoms with Gasteiger partial charge in [-0.25, -0.2) is 0 Å². The summed E-state index contributed by atoms with van der Waals surface area (Å²) in [6.07, 6.45) is 3.36. The first-order valence-electron chi connectivity index (χ1n) is 5.89. The van der Waals surface area contributed by atoms with Crippen LogP contribution >= 0.6 is 15.9 Å². The SMILES string of the molecule is Nc1cncc(Br)c1Nc1ccc2ccccc2c1. The molecule has 0 saturated heterocycles. The Bertz CT molecular complexity index is 720. The van der Waals surface area contributed by atoms with Gasteiger partial charge in [0.1, 0.15) is 0 Å². The van der Waals surface area contributed by atoms with Gasteiger partial charge in [0.15, 0.2) is 0 Å². The molecule has 0 fully saturated rings. The molecular weight excluding hydrogens is 302 g/mol. The Morgan fingerprint density at radius 1 is 1.00 bits per heavy atom. The third-order valence-corrected chi connectivity index (χ3v) is 3.55. The van der Waals surface area contributed by atoms with E-state index in [-0.39, 0.29) is 0 Å². The summed E-state index contributed by atoms with van der Waals surface area (Å²) in [5.74, 6) is 0. The van der Waals surface area contributed by atoms with Gasteiger partial charge in [-0.3, -0.25) is 4.98 Å². The molecule has 0 aliphatic rings. The maximum Gasteiger partial charge on any atom is 0.0794 e. The molecule has 0 unspecified atom stereocenters. The second-order valence-electron chi connectivity index (χ2n) is 4.27. The second kappa shape index (κ2) is 4.90. The first kappa shape index (κ1) is 12.0. The number of anilines is 3. The smallest absolute Gasteiger partial charge is 0.0794 e. The summed E-state index contributed by atoms with van der Waals surface area (Å²) in [5.41, 5.74) is 8.38. The van der Waals surface area contributed by atoms with Crippen LogP contribution in [0.1, 0.15) is 0 Å². The topological polar surface area (TPSA) is 50.9 Å². The standard InChI is InChI=1S/C15H12BrN3/c16-13-8-18-9-14(17)15(13)19-12-6-5-10-3-1-2-4-11(10)7-12/h1-9H,17H2,(H,18,19). The van der Waals surface area contributed by atoms with Crippen molar-refractivity contribution in [3.8, 4) is 0 Å². The van der Waals surface area contributed by atoms with Crippen molar-refractivity contribution in [1.82, 2.24) is 4.98 Å². The quantitative estimate of drug-likeness (QED) is 0.740. The first-order chi connectivity index (χ1) is 9.24. The number of hydrogen-bond acceptors (Lipinski definition) is 3. The lowest BCUT2D eigenvalue weighted by molar-refractivity contribution is 1.31. The van der Waals surface area contributed by atoms with Crippen LogP contribution in [0, 0.1) is 0 Å². The van der Waals surface area contributed by atoms with E-state index in [0.717, 1.165) is 15.8 Å². The molecular formula is C15H12BrN3. The zero-order chi connectivity index (χ0) is 13.2. The number of nitrogens with two attached hydrogens (primary N) is 1. The average Bonchev–Trinajstić information content (AvgIpc) is 2.43. The Balaban J connectivity index is 2.01. The van der Waals surface area contributed by atoms with Crippen LogP contribution in [0.4, 0.5) is 17.1 Å². The van der Waals surface area contributed by atoms with Gasteiger partial charge in [-0.1, -0.05) is 30.3 Å². The number of hydrogen-bond donors (Lipinski definition) is 2. The lowest BCUT2D eigenvalue weighted by atomic mass is 10.1. The molecule has 3 N–H and O–H groups in total. The molecule has 0 amide bonds. The molecule has 1 heterocycles. The summed E-state index contributed by atoms with van der Waals surface area (Å²) < 4.78 is 0.848. The Kier molecular flexibility index (Phi) is 3.09. The minimum atomic E-state index is 0.613. The predicted octanol–water partition coefficient (Wildman–Crippen LogP) is 4.32. The fraction of sp³-hybridized carbons (Fsp3) is 0. The van der Waals surface area contributed by atoms with E-state index in [1.807, 2.05) is 18.2 Å². The van der Waals surface area contributed by atoms with Crippen molar-refractivity contribution in [2.45, 2.75) is 0 Å². The minimum absolute atomic E-state index is 0.613. The zero-order valence-corrected chi connectivity index (χ0v) is 11.7. The molecule has 0 radical (unpaired) electrons. The molecule has 1 aromatic heterocycles. The first-order valence-corrected chi connectivity index (χ1v) is 6.68. The van der Waals surface area contributed by atoms with E-state index in [1.165, 1.54) is 10.8 Å². The minimum Gasteiger partial charge on any atom is -0.396 e. The fourth-order valence-corrected chi connectivity index (χ4v) is 2.44. The highest BCUT2D eigenvalue weighted by molar-refractivity contribution is 9.10. The molecule has 94 valence electrons. The van der Waals surface area contributed by atoms with E-state index in [1.54, 1.807) is 12.4 Å². The third-order valence-electron chi connectivity index (χ3n) is 2.95. The Labute approximate surface area is 119 Å². The largest absolute Gasteiger partial charge is 0.396 e. The van der Waals surface area contributed by atoms with Crippen LogP contribution < -0.4 is 11.1 Å². The maximum atomic E-state index is 5.93. The molecule has 3 aromatic rings. The van der Waals surface area contributed by atoms with Crippen molar-refractivity contribution in [1.29, 1.82) is 0 Å². The van der Waals surface area contributed by atoms with Crippen molar-refractivity contribution >= 4 is 43.8 Å². The lowest BCUT2D eigenvalue weighted by Gasteiger charge is -2.11. The van der Waals surface area contributed by atoms with Gasteiger partial charge in [-0.2, -0.15) is 0 Å². The van der Waals surface area contributed by atoms with Crippen LogP contribution in [0.2, 0.25) is 0 Å². The van der Waals surface area contributed by atoms with Gasteiger partial charge < -0.3 is 11.1 Å². The van der Waals surface area contributed by atoms with Gasteiger partial charge in [0, 0.05) is 11.9 Å². The number of aromatic nitrogens is 1. The fourth-order valence-electron chi connectivity index (χ4n) is 1.99. The van der Waals surface area contributed by atoms with Crippen LogP contribution in [0.5, 0.6) is 0 Å². The van der Waals surface area contributed by atoms with E-state index >= 15 is 0 Å². The Morgan fingerprint density at radius 3 is 2.58 bits per heavy atom. The summed E-state index contributed by atoms with van der Waals surface area (Å²) in [6.45, 7) is 0. The number of nitrogens with zero attached hydrogens (tertiary/aromatic N) is 1. The van der Waals surface area contributed by atoms with Crippen LogP contribution in [0.15, 0.2) is 59.3 Å². The molecule has 0 saturated carbocycles. The second-order valence-corrected chi connectivity index (χ2v) is 5.13. The summed E-state index contributed by atoms with van der Waals surface area (Å²) in [4.78, 5) is 4.02. The van der Waals surface area contributed by atoms with Crippen LogP contribution in [-0.2, 0) is 0 Å². The van der Waals surface area contributed by atoms with E-state index in [2.05, 4.69) is 50.5 Å². The van der Waals surface area contributed by atoms with Crippen LogP contribution in [0.25, 0.3) is 10.8 Å². The maximum absolute atomic E-state index is 5.93. The molecule has 0 aliphatic carbocycles. The van der Waals surface area contributed by atoms with E-state index in [0.29, 0.717) is 5.69 Å². The molecule has 0 spiro atoms. The van der Waals surface area contributed by atoms with Gasteiger partial charge in [0.25, 0.3) is 0 Å². The predicted molar refractivity (Wildman–Crippen MR) is 83.6 cm³/mol. The Morgan fingerprint density at radius 2 is 1.79 bits per heavy atom. The summed E-state index contributed by atoms with van der Waals surface area (Å²) in [7, 11) is 0. The number of nitrogen functional groups attached to an aromatic ring is 1. The van der Waals surface area contributed by atoms with E-state index in [4.69, 9.17) is 5.73 Å². The van der Waals surface area contributed by atoms with Gasteiger partial charge in [0.2, 0.25) is 0 Å². The summed E-state index contributed by atoms with van der Waals surface area (Å²) in [5, 5.41) is 5.73. The molecule has 3 rings (SSSR count). The van der Waals surface area contributed by atoms with E-state index < -0.39 is 0 Å². The summed E-state index contributed by atoms with van der Waals surface area (Å²) >= 11 is 3.45. The van der Waals surface area contributed by atoms with Gasteiger partial charge in [-0.05, 0) is 38.8 Å². The number of halogens is 1. The van der Waals surface area contributed by atoms with Crippen molar-refractivity contribution < 1.29 is 0 Å². The number of rotatable bonds is 2. The number of benzene rings is 2. The molecule has 2 aromatic carbocycles. The molecule has 0 aliphatic heterocycles. The monoisotopic (exact) mass is 313 g/mol. The van der Waals surface area contributed by atoms with Crippen LogP contribution in [0.3, 0.4) is 0 Å². The van der Waals surface area contributed by atoms with Crippen molar-refractivity contribution in [2.24, 2.45) is 0 Å². The number of pyridine rings is 1. The van der Waals surface area contributed by atoms with Gasteiger partial charge in [-0.15, -0.1) is 0 Å². The van der Waals surface area contributed by atoms with Gasteiger partial charge in [0.05, 0.1) is 22.0 Å². The molecule has 0 atom stereocenters. The van der Waals surface area contributed by atoms with Crippen molar-refractivity contribution in [3.63, 3.8) is 0 Å². The number of fused-ring (bicyclic) bond motifs is 1. The number of nitrogens with one attached hydrogen (secondary N) is 1. The molecule has 3 nitrogen and oxygen atoms in total. The Hall–Kier alpha value is -2.07. The van der Waals surface area contributed by atoms with Crippen molar-refractivity contribution in [3.05, 3.63) is 59.3 Å². The normalized spacial score (nSPS) is 10.6. The average molecular weight is 314 g/mol.